The first-order valence-electron chi connectivity index (χ1n) is 5.00. The summed E-state index contributed by atoms with van der Waals surface area (Å²) in [7, 11) is 1.29. The summed E-state index contributed by atoms with van der Waals surface area (Å²) in [6.45, 7) is 1.92. The molecule has 1 aromatic heterocycles. The smallest absolute Gasteiger partial charge is 0.357 e. The molecule has 1 heterocycles. The van der Waals surface area contributed by atoms with Crippen molar-refractivity contribution in [2.24, 2.45) is 0 Å². The van der Waals surface area contributed by atoms with Crippen LogP contribution in [0.2, 0.25) is 0 Å². The van der Waals surface area contributed by atoms with Gasteiger partial charge < -0.3 is 10.1 Å². The van der Waals surface area contributed by atoms with Crippen molar-refractivity contribution in [3.05, 3.63) is 17.5 Å². The largest absolute Gasteiger partial charge is 0.464 e. The van der Waals surface area contributed by atoms with E-state index in [1.807, 2.05) is 0 Å². The van der Waals surface area contributed by atoms with Crippen molar-refractivity contribution in [1.29, 1.82) is 0 Å². The zero-order valence-corrected chi connectivity index (χ0v) is 9.66. The lowest BCUT2D eigenvalue weighted by Crippen LogP contribution is -2.20. The number of H-pyrrole nitrogens is 1. The quantitative estimate of drug-likeness (QED) is 0.441. The lowest BCUT2D eigenvalue weighted by atomic mass is 10.2. The summed E-state index contributed by atoms with van der Waals surface area (Å²) < 4.78 is 4.56. The van der Waals surface area contributed by atoms with Crippen LogP contribution in [-0.4, -0.2) is 35.7 Å². The van der Waals surface area contributed by atoms with E-state index in [0.29, 0.717) is 18.5 Å². The van der Waals surface area contributed by atoms with Gasteiger partial charge in [-0.05, 0) is 0 Å². The van der Waals surface area contributed by atoms with Crippen LogP contribution >= 0.6 is 0 Å². The lowest BCUT2D eigenvalue weighted by molar-refractivity contribution is -0.118. The molecule has 0 saturated carbocycles. The second-order valence-electron chi connectivity index (χ2n) is 3.18. The molecule has 2 N–H and O–H groups in total. The first kappa shape index (κ1) is 12.8. The molecule has 0 saturated heterocycles. The summed E-state index contributed by atoms with van der Waals surface area (Å²) in [5.41, 5.74) is 0.721. The van der Waals surface area contributed by atoms with Gasteiger partial charge in [0.15, 0.2) is 5.69 Å². The second-order valence-corrected chi connectivity index (χ2v) is 3.18. The van der Waals surface area contributed by atoms with Gasteiger partial charge in [-0.15, -0.1) is 0 Å². The number of carbonyl (C=O) groups is 2. The van der Waals surface area contributed by atoms with E-state index in [-0.39, 0.29) is 11.6 Å². The monoisotopic (exact) mass is 235 g/mol. The molecule has 0 spiro atoms. The first-order chi connectivity index (χ1) is 8.15. The van der Waals surface area contributed by atoms with Crippen LogP contribution in [0.1, 0.15) is 29.4 Å². The maximum atomic E-state index is 11.3. The SMILES string of the molecule is COC(=O)c1[nH]ncc1C#CCCNC(C)=O. The van der Waals surface area contributed by atoms with Gasteiger partial charge in [-0.25, -0.2) is 4.79 Å². The fraction of sp³-hybridized carbons (Fsp3) is 0.364. The van der Waals surface area contributed by atoms with Gasteiger partial charge in [0.1, 0.15) is 0 Å². The Morgan fingerprint density at radius 3 is 3.00 bits per heavy atom. The van der Waals surface area contributed by atoms with E-state index < -0.39 is 5.97 Å². The van der Waals surface area contributed by atoms with Gasteiger partial charge in [0, 0.05) is 19.9 Å². The van der Waals surface area contributed by atoms with Crippen molar-refractivity contribution in [3.8, 4) is 11.8 Å². The Hall–Kier alpha value is -2.29. The number of nitrogens with one attached hydrogen (secondary N) is 2. The Bertz CT molecular complexity index is 468. The molecule has 1 rings (SSSR count). The average molecular weight is 235 g/mol. The van der Waals surface area contributed by atoms with Crippen LogP contribution in [0.3, 0.4) is 0 Å². The summed E-state index contributed by atoms with van der Waals surface area (Å²) in [5.74, 6) is 5.02. The molecule has 0 unspecified atom stereocenters. The van der Waals surface area contributed by atoms with E-state index in [0.717, 1.165) is 0 Å². The number of hydrogen-bond donors (Lipinski definition) is 2. The van der Waals surface area contributed by atoms with Crippen molar-refractivity contribution in [1.82, 2.24) is 15.5 Å². The first-order valence-corrected chi connectivity index (χ1v) is 5.00. The molecule has 6 nitrogen and oxygen atoms in total. The normalized spacial score (nSPS) is 9.06. The Morgan fingerprint density at radius 2 is 2.35 bits per heavy atom. The number of esters is 1. The molecule has 0 atom stereocenters. The number of carbonyl (C=O) groups excluding carboxylic acids is 2. The molecule has 0 bridgehead atoms. The maximum Gasteiger partial charge on any atom is 0.357 e. The number of amides is 1. The molecule has 0 aromatic carbocycles. The zero-order chi connectivity index (χ0) is 12.7. The molecule has 1 aromatic rings. The van der Waals surface area contributed by atoms with Crippen LogP contribution in [0.5, 0.6) is 0 Å². The van der Waals surface area contributed by atoms with Gasteiger partial charge >= 0.3 is 5.97 Å². The van der Waals surface area contributed by atoms with Gasteiger partial charge in [-0.2, -0.15) is 5.10 Å². The van der Waals surface area contributed by atoms with E-state index in [1.54, 1.807) is 0 Å². The molecule has 17 heavy (non-hydrogen) atoms. The molecular weight excluding hydrogens is 222 g/mol. The molecule has 0 fully saturated rings. The molecule has 1 amide bonds. The van der Waals surface area contributed by atoms with Crippen LogP contribution < -0.4 is 5.32 Å². The highest BCUT2D eigenvalue weighted by Crippen LogP contribution is 2.03. The average Bonchev–Trinajstić information content (AvgIpc) is 2.75. The predicted octanol–water partition coefficient (Wildman–Crippen LogP) is 0.0740. The maximum absolute atomic E-state index is 11.3. The molecule has 0 aliphatic rings. The van der Waals surface area contributed by atoms with E-state index in [1.165, 1.54) is 20.2 Å². The van der Waals surface area contributed by atoms with Gasteiger partial charge in [0.2, 0.25) is 5.91 Å². The second kappa shape index (κ2) is 6.33. The van der Waals surface area contributed by atoms with Crippen LogP contribution in [0.25, 0.3) is 0 Å². The third-order valence-electron chi connectivity index (χ3n) is 1.88. The molecule has 0 radical (unpaired) electrons. The summed E-state index contributed by atoms with van der Waals surface area (Å²) in [6.07, 6.45) is 1.96. The van der Waals surface area contributed by atoms with Gasteiger partial charge in [0.25, 0.3) is 0 Å². The molecular formula is C11H13N3O3. The number of rotatable bonds is 3. The van der Waals surface area contributed by atoms with E-state index >= 15 is 0 Å². The Balaban J connectivity index is 2.57. The topological polar surface area (TPSA) is 84.1 Å². The van der Waals surface area contributed by atoms with E-state index in [4.69, 9.17) is 0 Å². The molecule has 90 valence electrons. The minimum atomic E-state index is -0.506. The minimum Gasteiger partial charge on any atom is -0.464 e. The zero-order valence-electron chi connectivity index (χ0n) is 9.66. The van der Waals surface area contributed by atoms with Crippen LogP contribution in [0, 0.1) is 11.8 Å². The summed E-state index contributed by atoms with van der Waals surface area (Å²) >= 11 is 0. The fourth-order valence-electron chi connectivity index (χ4n) is 1.10. The summed E-state index contributed by atoms with van der Waals surface area (Å²) in [6, 6.07) is 0. The van der Waals surface area contributed by atoms with Crippen LogP contribution in [-0.2, 0) is 9.53 Å². The van der Waals surface area contributed by atoms with Crippen molar-refractivity contribution in [3.63, 3.8) is 0 Å². The Kier molecular flexibility index (Phi) is 4.76. The van der Waals surface area contributed by atoms with Gasteiger partial charge in [-0.3, -0.25) is 9.89 Å². The fourth-order valence-corrected chi connectivity index (χ4v) is 1.10. The minimum absolute atomic E-state index is 0.0923. The van der Waals surface area contributed by atoms with Crippen LogP contribution in [0.15, 0.2) is 6.20 Å². The molecule has 0 aliphatic heterocycles. The van der Waals surface area contributed by atoms with Crippen molar-refractivity contribution >= 4 is 11.9 Å². The highest BCUT2D eigenvalue weighted by molar-refractivity contribution is 5.89. The number of nitrogens with zero attached hydrogens (tertiary/aromatic N) is 1. The summed E-state index contributed by atoms with van der Waals surface area (Å²) in [4.78, 5) is 21.8. The predicted molar refractivity (Wildman–Crippen MR) is 60.1 cm³/mol. The Morgan fingerprint density at radius 1 is 1.59 bits per heavy atom. The van der Waals surface area contributed by atoms with Crippen LogP contribution in [0.4, 0.5) is 0 Å². The highest BCUT2D eigenvalue weighted by Gasteiger charge is 2.11. The highest BCUT2D eigenvalue weighted by atomic mass is 16.5. The Labute approximate surface area is 98.7 Å². The number of hydrogen-bond acceptors (Lipinski definition) is 4. The molecule has 6 heteroatoms. The van der Waals surface area contributed by atoms with Gasteiger partial charge in [-0.1, -0.05) is 11.8 Å². The standard InChI is InChI=1S/C11H13N3O3/c1-8(15)12-6-4-3-5-9-7-13-14-10(9)11(16)17-2/h7H,4,6H2,1-2H3,(H,12,15)(H,13,14). The van der Waals surface area contributed by atoms with E-state index in [2.05, 4.69) is 32.1 Å². The summed E-state index contributed by atoms with van der Waals surface area (Å²) in [5, 5.41) is 8.86. The van der Waals surface area contributed by atoms with Gasteiger partial charge in [0.05, 0.1) is 18.9 Å². The number of ether oxygens (including phenoxy) is 1. The number of methoxy groups -OCH3 is 1. The lowest BCUT2D eigenvalue weighted by Gasteiger charge is -1.95. The molecule has 0 aliphatic carbocycles. The third kappa shape index (κ3) is 3.99. The van der Waals surface area contributed by atoms with Crippen molar-refractivity contribution < 1.29 is 14.3 Å². The third-order valence-corrected chi connectivity index (χ3v) is 1.88. The van der Waals surface area contributed by atoms with E-state index in [9.17, 15) is 9.59 Å². The van der Waals surface area contributed by atoms with Crippen molar-refractivity contribution in [2.75, 3.05) is 13.7 Å². The number of aromatic nitrogens is 2. The number of aromatic amines is 1. The van der Waals surface area contributed by atoms with Crippen molar-refractivity contribution in [2.45, 2.75) is 13.3 Å².